The van der Waals surface area contributed by atoms with Gasteiger partial charge in [-0.25, -0.2) is 9.78 Å². The summed E-state index contributed by atoms with van der Waals surface area (Å²) in [5.41, 5.74) is 0.619. The van der Waals surface area contributed by atoms with Gasteiger partial charge in [0.25, 0.3) is 0 Å². The third kappa shape index (κ3) is 0.995. The lowest BCUT2D eigenvalue weighted by Crippen LogP contribution is -2.12. The normalized spacial score (nSPS) is 17.3. The van der Waals surface area contributed by atoms with Crippen LogP contribution in [-0.4, -0.2) is 16.1 Å². The minimum Gasteiger partial charge on any atom is -0.475 e. The Kier molecular flexibility index (Phi) is 1.60. The zero-order chi connectivity index (χ0) is 8.55. The summed E-state index contributed by atoms with van der Waals surface area (Å²) in [5, 5.41) is 8.69. The molecule has 0 amide bonds. The van der Waals surface area contributed by atoms with Crippen LogP contribution >= 0.6 is 0 Å². The van der Waals surface area contributed by atoms with Crippen LogP contribution in [0.15, 0.2) is 10.8 Å². The van der Waals surface area contributed by atoms with Crippen molar-refractivity contribution in [2.24, 2.45) is 0 Å². The minimum atomic E-state index is -1.02. The molecule has 1 aromatic rings. The Labute approximate surface area is 69.2 Å². The van der Waals surface area contributed by atoms with Gasteiger partial charge in [-0.05, 0) is 12.8 Å². The summed E-state index contributed by atoms with van der Waals surface area (Å²) in [6.45, 7) is 0. The second kappa shape index (κ2) is 2.62. The number of aromatic nitrogens is 1. The number of hydrogen-bond donors (Lipinski definition) is 1. The van der Waals surface area contributed by atoms with Crippen LogP contribution in [0.4, 0.5) is 0 Å². The molecular formula is C8H9NO3. The van der Waals surface area contributed by atoms with Gasteiger partial charge < -0.3 is 9.52 Å². The van der Waals surface area contributed by atoms with Gasteiger partial charge >= 0.3 is 5.97 Å². The van der Waals surface area contributed by atoms with Crippen LogP contribution in [0.2, 0.25) is 0 Å². The fourth-order valence-electron chi connectivity index (χ4n) is 1.39. The molecule has 1 saturated carbocycles. The quantitative estimate of drug-likeness (QED) is 0.727. The molecule has 0 bridgehead atoms. The van der Waals surface area contributed by atoms with Crippen molar-refractivity contribution in [3.63, 3.8) is 0 Å². The van der Waals surface area contributed by atoms with Crippen LogP contribution in [0.1, 0.15) is 41.4 Å². The van der Waals surface area contributed by atoms with Crippen LogP contribution in [-0.2, 0) is 0 Å². The zero-order valence-corrected chi connectivity index (χ0v) is 6.49. The maximum Gasteiger partial charge on any atom is 0.373 e. The van der Waals surface area contributed by atoms with Gasteiger partial charge in [0, 0.05) is 5.92 Å². The summed E-state index contributed by atoms with van der Waals surface area (Å²) in [5.74, 6) is -0.691. The van der Waals surface area contributed by atoms with Crippen molar-refractivity contribution in [1.29, 1.82) is 0 Å². The standard InChI is InChI=1S/C8H9NO3/c10-8(11)7-6(9-4-12-7)5-2-1-3-5/h4-5H,1-3H2,(H,10,11). The van der Waals surface area contributed by atoms with Crippen LogP contribution in [0.5, 0.6) is 0 Å². The highest BCUT2D eigenvalue weighted by Crippen LogP contribution is 2.36. The van der Waals surface area contributed by atoms with E-state index in [1.165, 1.54) is 6.39 Å². The van der Waals surface area contributed by atoms with E-state index in [1.807, 2.05) is 0 Å². The lowest BCUT2D eigenvalue weighted by molar-refractivity contribution is 0.0659. The summed E-state index contributed by atoms with van der Waals surface area (Å²) >= 11 is 0. The smallest absolute Gasteiger partial charge is 0.373 e. The molecule has 0 spiro atoms. The van der Waals surface area contributed by atoms with E-state index in [1.54, 1.807) is 0 Å². The summed E-state index contributed by atoms with van der Waals surface area (Å²) < 4.78 is 4.77. The van der Waals surface area contributed by atoms with Crippen molar-refractivity contribution in [3.05, 3.63) is 17.8 Å². The van der Waals surface area contributed by atoms with Gasteiger partial charge in [0.1, 0.15) is 0 Å². The molecule has 0 atom stereocenters. The Balaban J connectivity index is 2.29. The summed E-state index contributed by atoms with van der Waals surface area (Å²) in [6, 6.07) is 0. The van der Waals surface area contributed by atoms with Gasteiger partial charge in [0.2, 0.25) is 5.76 Å². The molecule has 1 fully saturated rings. The molecule has 1 heterocycles. The lowest BCUT2D eigenvalue weighted by Gasteiger charge is -2.23. The Morgan fingerprint density at radius 1 is 1.67 bits per heavy atom. The van der Waals surface area contributed by atoms with Gasteiger partial charge in [0.05, 0.1) is 5.69 Å². The van der Waals surface area contributed by atoms with E-state index < -0.39 is 5.97 Å². The van der Waals surface area contributed by atoms with Gasteiger partial charge in [0.15, 0.2) is 6.39 Å². The first-order valence-corrected chi connectivity index (χ1v) is 3.95. The zero-order valence-electron chi connectivity index (χ0n) is 6.49. The summed E-state index contributed by atoms with van der Waals surface area (Å²) in [4.78, 5) is 14.5. The second-order valence-electron chi connectivity index (χ2n) is 3.00. The van der Waals surface area contributed by atoms with Crippen molar-refractivity contribution in [3.8, 4) is 0 Å². The highest BCUT2D eigenvalue weighted by atomic mass is 16.4. The summed E-state index contributed by atoms with van der Waals surface area (Å²) in [7, 11) is 0. The largest absolute Gasteiger partial charge is 0.475 e. The van der Waals surface area contributed by atoms with Crippen LogP contribution in [0.3, 0.4) is 0 Å². The predicted octanol–water partition coefficient (Wildman–Crippen LogP) is 1.64. The van der Waals surface area contributed by atoms with Gasteiger partial charge in [-0.2, -0.15) is 0 Å². The molecule has 0 aromatic carbocycles. The van der Waals surface area contributed by atoms with Crippen molar-refractivity contribution in [2.75, 3.05) is 0 Å². The molecule has 0 aliphatic heterocycles. The van der Waals surface area contributed by atoms with Crippen molar-refractivity contribution >= 4 is 5.97 Å². The van der Waals surface area contributed by atoms with Crippen LogP contribution in [0, 0.1) is 0 Å². The highest BCUT2D eigenvalue weighted by molar-refractivity contribution is 5.85. The third-order valence-electron chi connectivity index (χ3n) is 2.28. The number of nitrogens with zero attached hydrogens (tertiary/aromatic N) is 1. The minimum absolute atomic E-state index is 0.0136. The molecule has 0 unspecified atom stereocenters. The van der Waals surface area contributed by atoms with E-state index in [9.17, 15) is 4.79 Å². The Morgan fingerprint density at radius 3 is 2.92 bits per heavy atom. The fourth-order valence-corrected chi connectivity index (χ4v) is 1.39. The van der Waals surface area contributed by atoms with Crippen molar-refractivity contribution in [2.45, 2.75) is 25.2 Å². The highest BCUT2D eigenvalue weighted by Gasteiger charge is 2.28. The predicted molar refractivity (Wildman–Crippen MR) is 40.1 cm³/mol. The average molecular weight is 167 g/mol. The number of aromatic carboxylic acids is 1. The van der Waals surface area contributed by atoms with Crippen LogP contribution in [0.25, 0.3) is 0 Å². The number of hydrogen-bond acceptors (Lipinski definition) is 3. The van der Waals surface area contributed by atoms with Gasteiger partial charge in [-0.3, -0.25) is 0 Å². The summed E-state index contributed by atoms with van der Waals surface area (Å²) in [6.07, 6.45) is 4.44. The van der Waals surface area contributed by atoms with Gasteiger partial charge in [-0.1, -0.05) is 6.42 Å². The van der Waals surface area contributed by atoms with Crippen molar-refractivity contribution < 1.29 is 14.3 Å². The van der Waals surface area contributed by atoms with E-state index in [4.69, 9.17) is 9.52 Å². The number of oxazole rings is 1. The molecule has 1 aliphatic carbocycles. The van der Waals surface area contributed by atoms with Crippen LogP contribution < -0.4 is 0 Å². The first kappa shape index (κ1) is 7.34. The maximum atomic E-state index is 10.6. The molecule has 64 valence electrons. The van der Waals surface area contributed by atoms with E-state index in [-0.39, 0.29) is 5.76 Å². The van der Waals surface area contributed by atoms with E-state index in [0.717, 1.165) is 19.3 Å². The van der Waals surface area contributed by atoms with Crippen molar-refractivity contribution in [1.82, 2.24) is 4.98 Å². The fraction of sp³-hybridized carbons (Fsp3) is 0.500. The number of carboxylic acids is 1. The molecule has 1 aromatic heterocycles. The number of carboxylic acid groups (broad SMARTS) is 1. The average Bonchev–Trinajstić information content (AvgIpc) is 2.31. The monoisotopic (exact) mass is 167 g/mol. The molecular weight excluding hydrogens is 158 g/mol. The molecule has 1 N–H and O–H groups in total. The lowest BCUT2D eigenvalue weighted by atomic mass is 9.82. The van der Waals surface area contributed by atoms with E-state index >= 15 is 0 Å². The Hall–Kier alpha value is -1.32. The first-order chi connectivity index (χ1) is 5.79. The molecule has 2 rings (SSSR count). The van der Waals surface area contributed by atoms with E-state index in [2.05, 4.69) is 4.98 Å². The first-order valence-electron chi connectivity index (χ1n) is 3.95. The third-order valence-corrected chi connectivity index (χ3v) is 2.28. The number of rotatable bonds is 2. The molecule has 4 nitrogen and oxygen atoms in total. The Bertz CT molecular complexity index is 301. The van der Waals surface area contributed by atoms with Gasteiger partial charge in [-0.15, -0.1) is 0 Å². The topological polar surface area (TPSA) is 63.3 Å². The molecule has 12 heavy (non-hydrogen) atoms. The SMILES string of the molecule is O=C(O)c1ocnc1C1CCC1. The molecule has 4 heteroatoms. The van der Waals surface area contributed by atoms with E-state index in [0.29, 0.717) is 11.6 Å². The maximum absolute atomic E-state index is 10.6. The number of carbonyl (C=O) groups is 1. The molecule has 0 radical (unpaired) electrons. The molecule has 0 saturated heterocycles. The second-order valence-corrected chi connectivity index (χ2v) is 3.00. The molecule has 1 aliphatic rings. The Morgan fingerprint density at radius 2 is 2.42 bits per heavy atom.